The summed E-state index contributed by atoms with van der Waals surface area (Å²) in [5.41, 5.74) is -1.12. The van der Waals surface area contributed by atoms with E-state index in [-0.39, 0.29) is 30.9 Å². The number of aromatic nitrogens is 1. The lowest BCUT2D eigenvalue weighted by atomic mass is 9.85. The molecule has 1 aromatic heterocycles. The second kappa shape index (κ2) is 6.89. The minimum atomic E-state index is -4.51. The van der Waals surface area contributed by atoms with Crippen molar-refractivity contribution in [1.29, 1.82) is 0 Å². The van der Waals surface area contributed by atoms with Crippen LogP contribution in [0, 0.1) is 0 Å². The van der Waals surface area contributed by atoms with Gasteiger partial charge in [0.2, 0.25) is 0 Å². The van der Waals surface area contributed by atoms with Crippen LogP contribution in [0.25, 0.3) is 0 Å². The predicted octanol–water partition coefficient (Wildman–Crippen LogP) is 3.46. The maximum Gasteiger partial charge on any atom is 0.416 e. The summed E-state index contributed by atoms with van der Waals surface area (Å²) in [5.74, 6) is 0.168. The molecule has 0 aliphatic carbocycles. The predicted molar refractivity (Wildman–Crippen MR) is 85.0 cm³/mol. The minimum Gasteiger partial charge on any atom is -0.465 e. The van der Waals surface area contributed by atoms with Gasteiger partial charge in [-0.05, 0) is 30.9 Å². The van der Waals surface area contributed by atoms with Crippen molar-refractivity contribution >= 4 is 6.09 Å². The molecular formula is C17H17F3N2O4. The summed E-state index contributed by atoms with van der Waals surface area (Å²) in [6.07, 6.45) is -5.03. The first kappa shape index (κ1) is 18.1. The van der Waals surface area contributed by atoms with Gasteiger partial charge in [0.25, 0.3) is 5.56 Å². The van der Waals surface area contributed by atoms with E-state index in [9.17, 15) is 27.9 Å². The van der Waals surface area contributed by atoms with Crippen molar-refractivity contribution in [3.05, 3.63) is 57.6 Å². The number of H-pyrrole nitrogens is 1. The quantitative estimate of drug-likeness (QED) is 0.866. The van der Waals surface area contributed by atoms with Crippen LogP contribution >= 0.6 is 0 Å². The SMILES string of the molecule is O=C(O)N1CCC(c2cc(=O)[nH]o2)CC1Cc1ccccc1C(F)(F)F. The van der Waals surface area contributed by atoms with Gasteiger partial charge in [0.05, 0.1) is 5.56 Å². The number of nitrogens with zero attached hydrogens (tertiary/aromatic N) is 1. The molecule has 1 amide bonds. The Bertz CT molecular complexity index is 843. The van der Waals surface area contributed by atoms with E-state index in [1.165, 1.54) is 24.3 Å². The Labute approximate surface area is 146 Å². The molecule has 140 valence electrons. The number of carbonyl (C=O) groups is 1. The van der Waals surface area contributed by atoms with Gasteiger partial charge in [-0.1, -0.05) is 18.2 Å². The Kier molecular flexibility index (Phi) is 4.80. The number of piperidine rings is 1. The first-order valence-corrected chi connectivity index (χ1v) is 8.09. The first-order valence-electron chi connectivity index (χ1n) is 8.09. The molecule has 9 heteroatoms. The topological polar surface area (TPSA) is 86.5 Å². The summed E-state index contributed by atoms with van der Waals surface area (Å²) >= 11 is 0. The Morgan fingerprint density at radius 1 is 1.35 bits per heavy atom. The summed E-state index contributed by atoms with van der Waals surface area (Å²) < 4.78 is 44.7. The van der Waals surface area contributed by atoms with E-state index in [0.717, 1.165) is 11.0 Å². The molecule has 3 rings (SSSR count). The van der Waals surface area contributed by atoms with E-state index in [2.05, 4.69) is 5.16 Å². The van der Waals surface area contributed by atoms with Gasteiger partial charge < -0.3 is 14.5 Å². The van der Waals surface area contributed by atoms with Gasteiger partial charge in [-0.25, -0.2) is 4.79 Å². The second-order valence-electron chi connectivity index (χ2n) is 6.33. The molecule has 0 saturated carbocycles. The molecule has 1 aromatic carbocycles. The molecule has 0 radical (unpaired) electrons. The molecule has 0 spiro atoms. The lowest BCUT2D eigenvalue weighted by molar-refractivity contribution is -0.138. The molecule has 2 N–H and O–H groups in total. The highest BCUT2D eigenvalue weighted by atomic mass is 19.4. The highest BCUT2D eigenvalue weighted by molar-refractivity contribution is 5.65. The van der Waals surface area contributed by atoms with Crippen molar-refractivity contribution in [2.24, 2.45) is 0 Å². The molecular weight excluding hydrogens is 353 g/mol. The number of aromatic amines is 1. The molecule has 6 nitrogen and oxygen atoms in total. The van der Waals surface area contributed by atoms with Crippen molar-refractivity contribution < 1.29 is 27.6 Å². The van der Waals surface area contributed by atoms with Crippen molar-refractivity contribution in [1.82, 2.24) is 10.1 Å². The van der Waals surface area contributed by atoms with Crippen LogP contribution < -0.4 is 5.56 Å². The van der Waals surface area contributed by atoms with E-state index in [0.29, 0.717) is 12.2 Å². The van der Waals surface area contributed by atoms with Crippen LogP contribution in [-0.2, 0) is 12.6 Å². The molecule has 0 bridgehead atoms. The molecule has 2 heterocycles. The third-order valence-electron chi connectivity index (χ3n) is 4.69. The Morgan fingerprint density at radius 2 is 2.08 bits per heavy atom. The fraction of sp³-hybridized carbons (Fsp3) is 0.412. The normalized spacial score (nSPS) is 21.0. The van der Waals surface area contributed by atoms with Crippen LogP contribution in [0.1, 0.15) is 35.6 Å². The summed E-state index contributed by atoms with van der Waals surface area (Å²) in [4.78, 5) is 23.9. The summed E-state index contributed by atoms with van der Waals surface area (Å²) in [6.45, 7) is 0.160. The molecule has 1 aliphatic rings. The van der Waals surface area contributed by atoms with Gasteiger partial charge in [0, 0.05) is 24.6 Å². The monoisotopic (exact) mass is 370 g/mol. The lowest BCUT2D eigenvalue weighted by Crippen LogP contribution is -2.46. The van der Waals surface area contributed by atoms with Gasteiger partial charge >= 0.3 is 12.3 Å². The zero-order valence-corrected chi connectivity index (χ0v) is 13.6. The van der Waals surface area contributed by atoms with Crippen LogP contribution in [0.5, 0.6) is 0 Å². The molecule has 2 unspecified atom stereocenters. The Balaban J connectivity index is 1.87. The third kappa shape index (κ3) is 3.76. The number of carboxylic acid groups (broad SMARTS) is 1. The van der Waals surface area contributed by atoms with Crippen LogP contribution in [0.4, 0.5) is 18.0 Å². The maximum absolute atomic E-state index is 13.2. The molecule has 1 fully saturated rings. The minimum absolute atomic E-state index is 0.0485. The number of likely N-dealkylation sites (tertiary alicyclic amines) is 1. The van der Waals surface area contributed by atoms with Gasteiger partial charge in [0.15, 0.2) is 0 Å². The van der Waals surface area contributed by atoms with Gasteiger partial charge in [-0.15, -0.1) is 0 Å². The van der Waals surface area contributed by atoms with Crippen molar-refractivity contribution in [2.45, 2.75) is 37.4 Å². The summed E-state index contributed by atoms with van der Waals surface area (Å²) in [6, 6.07) is 5.81. The van der Waals surface area contributed by atoms with E-state index in [1.807, 2.05) is 0 Å². The Hall–Kier alpha value is -2.71. The third-order valence-corrected chi connectivity index (χ3v) is 4.69. The number of hydrogen-bond donors (Lipinski definition) is 2. The smallest absolute Gasteiger partial charge is 0.416 e. The van der Waals surface area contributed by atoms with Crippen LogP contribution in [-0.4, -0.2) is 33.8 Å². The van der Waals surface area contributed by atoms with E-state index in [1.54, 1.807) is 0 Å². The lowest BCUT2D eigenvalue weighted by Gasteiger charge is -2.37. The number of amides is 1. The van der Waals surface area contributed by atoms with Crippen molar-refractivity contribution in [3.63, 3.8) is 0 Å². The fourth-order valence-electron chi connectivity index (χ4n) is 3.48. The molecule has 2 atom stereocenters. The number of nitrogens with one attached hydrogen (secondary N) is 1. The van der Waals surface area contributed by atoms with E-state index < -0.39 is 29.4 Å². The van der Waals surface area contributed by atoms with Gasteiger partial charge in [-0.2, -0.15) is 18.3 Å². The Morgan fingerprint density at radius 3 is 2.69 bits per heavy atom. The van der Waals surface area contributed by atoms with Crippen LogP contribution in [0.2, 0.25) is 0 Å². The van der Waals surface area contributed by atoms with Gasteiger partial charge in [0.1, 0.15) is 5.76 Å². The maximum atomic E-state index is 13.2. The zero-order chi connectivity index (χ0) is 18.9. The highest BCUT2D eigenvalue weighted by Gasteiger charge is 2.37. The molecule has 2 aromatic rings. The standard InChI is InChI=1S/C17H17F3N2O4/c18-17(19,20)13-4-2-1-3-10(13)7-12-8-11(5-6-22(12)16(24)25)14-9-15(23)21-26-14/h1-4,9,11-12H,5-8H2,(H,21,23)(H,24,25). The number of hydrogen-bond acceptors (Lipinski definition) is 3. The van der Waals surface area contributed by atoms with E-state index in [4.69, 9.17) is 4.52 Å². The van der Waals surface area contributed by atoms with Crippen molar-refractivity contribution in [3.8, 4) is 0 Å². The average Bonchev–Trinajstić information content (AvgIpc) is 3.00. The zero-order valence-electron chi connectivity index (χ0n) is 13.6. The molecule has 26 heavy (non-hydrogen) atoms. The number of benzene rings is 1. The largest absolute Gasteiger partial charge is 0.465 e. The van der Waals surface area contributed by atoms with Crippen molar-refractivity contribution in [2.75, 3.05) is 6.54 Å². The number of rotatable bonds is 3. The van der Waals surface area contributed by atoms with E-state index >= 15 is 0 Å². The number of halogens is 3. The second-order valence-corrected chi connectivity index (χ2v) is 6.33. The summed E-state index contributed by atoms with van der Waals surface area (Å²) in [5, 5.41) is 11.6. The van der Waals surface area contributed by atoms with Crippen LogP contribution in [0.15, 0.2) is 39.6 Å². The number of alkyl halides is 3. The first-order chi connectivity index (χ1) is 12.3. The molecule has 1 saturated heterocycles. The summed E-state index contributed by atoms with van der Waals surface area (Å²) in [7, 11) is 0. The average molecular weight is 370 g/mol. The van der Waals surface area contributed by atoms with Crippen LogP contribution in [0.3, 0.4) is 0 Å². The molecule has 1 aliphatic heterocycles. The van der Waals surface area contributed by atoms with Gasteiger partial charge in [-0.3, -0.25) is 4.79 Å². The highest BCUT2D eigenvalue weighted by Crippen LogP contribution is 2.36. The fourth-order valence-corrected chi connectivity index (χ4v) is 3.48.